The molecule has 0 bridgehead atoms. The van der Waals surface area contributed by atoms with E-state index < -0.39 is 17.5 Å². The molecule has 0 aromatic carbocycles. The SMILES string of the molecule is CC(=O)NCCNC(=O)NC1(C(=O)O)CCOC1. The van der Waals surface area contributed by atoms with Gasteiger partial charge in [-0.05, 0) is 0 Å². The quantitative estimate of drug-likeness (QED) is 0.456. The fraction of sp³-hybridized carbons (Fsp3) is 0.700. The third kappa shape index (κ3) is 3.88. The molecule has 1 unspecified atom stereocenters. The molecule has 1 aliphatic heterocycles. The zero-order chi connectivity index (χ0) is 13.6. The Balaban J connectivity index is 2.34. The van der Waals surface area contributed by atoms with Crippen LogP contribution >= 0.6 is 0 Å². The number of aliphatic carboxylic acids is 1. The molecule has 102 valence electrons. The van der Waals surface area contributed by atoms with Gasteiger partial charge in [0.1, 0.15) is 0 Å². The summed E-state index contributed by atoms with van der Waals surface area (Å²) in [5, 5.41) is 16.4. The number of ether oxygens (including phenoxy) is 1. The Bertz CT molecular complexity index is 338. The first-order valence-corrected chi connectivity index (χ1v) is 5.58. The maximum atomic E-state index is 11.5. The molecule has 0 aromatic rings. The Morgan fingerprint density at radius 2 is 1.94 bits per heavy atom. The predicted molar refractivity (Wildman–Crippen MR) is 61.0 cm³/mol. The second kappa shape index (κ2) is 6.20. The highest BCUT2D eigenvalue weighted by Gasteiger charge is 2.43. The van der Waals surface area contributed by atoms with Crippen molar-refractivity contribution in [3.8, 4) is 0 Å². The Morgan fingerprint density at radius 1 is 1.28 bits per heavy atom. The number of carboxylic acids is 1. The largest absolute Gasteiger partial charge is 0.479 e. The van der Waals surface area contributed by atoms with Gasteiger partial charge in [0.15, 0.2) is 5.54 Å². The van der Waals surface area contributed by atoms with E-state index in [4.69, 9.17) is 9.84 Å². The van der Waals surface area contributed by atoms with Crippen LogP contribution in [0.3, 0.4) is 0 Å². The van der Waals surface area contributed by atoms with E-state index in [9.17, 15) is 14.4 Å². The van der Waals surface area contributed by atoms with Gasteiger partial charge in [-0.15, -0.1) is 0 Å². The average Bonchev–Trinajstić information content (AvgIpc) is 2.74. The summed E-state index contributed by atoms with van der Waals surface area (Å²) in [6.07, 6.45) is 0.238. The van der Waals surface area contributed by atoms with E-state index in [-0.39, 0.29) is 25.5 Å². The zero-order valence-corrected chi connectivity index (χ0v) is 10.1. The van der Waals surface area contributed by atoms with Crippen molar-refractivity contribution >= 4 is 17.9 Å². The molecule has 18 heavy (non-hydrogen) atoms. The topological polar surface area (TPSA) is 117 Å². The summed E-state index contributed by atoms with van der Waals surface area (Å²) in [5.74, 6) is -1.31. The van der Waals surface area contributed by atoms with Crippen LogP contribution in [0.5, 0.6) is 0 Å². The van der Waals surface area contributed by atoms with Gasteiger partial charge in [0.05, 0.1) is 6.61 Å². The van der Waals surface area contributed by atoms with Crippen LogP contribution in [0.15, 0.2) is 0 Å². The lowest BCUT2D eigenvalue weighted by atomic mass is 9.99. The maximum Gasteiger partial charge on any atom is 0.332 e. The lowest BCUT2D eigenvalue weighted by Gasteiger charge is -2.23. The highest BCUT2D eigenvalue weighted by molar-refractivity contribution is 5.86. The monoisotopic (exact) mass is 259 g/mol. The second-order valence-electron chi connectivity index (χ2n) is 4.05. The predicted octanol–water partition coefficient (Wildman–Crippen LogP) is -1.33. The average molecular weight is 259 g/mol. The summed E-state index contributed by atoms with van der Waals surface area (Å²) in [6.45, 7) is 2.15. The first-order valence-electron chi connectivity index (χ1n) is 5.58. The van der Waals surface area contributed by atoms with Crippen molar-refractivity contribution in [1.29, 1.82) is 0 Å². The van der Waals surface area contributed by atoms with Crippen molar-refractivity contribution in [1.82, 2.24) is 16.0 Å². The summed E-state index contributed by atoms with van der Waals surface area (Å²) < 4.78 is 5.00. The summed E-state index contributed by atoms with van der Waals surface area (Å²) >= 11 is 0. The van der Waals surface area contributed by atoms with Crippen LogP contribution in [0, 0.1) is 0 Å². The summed E-state index contributed by atoms with van der Waals surface area (Å²) in [7, 11) is 0. The number of hydrogen-bond acceptors (Lipinski definition) is 4. The molecule has 4 N–H and O–H groups in total. The number of amides is 3. The molecule has 0 aromatic heterocycles. The van der Waals surface area contributed by atoms with Crippen LogP contribution in [0.25, 0.3) is 0 Å². The number of hydrogen-bond donors (Lipinski definition) is 4. The van der Waals surface area contributed by atoms with Crippen LogP contribution in [-0.4, -0.2) is 54.9 Å². The van der Waals surface area contributed by atoms with Gasteiger partial charge >= 0.3 is 12.0 Å². The van der Waals surface area contributed by atoms with Crippen molar-refractivity contribution in [2.75, 3.05) is 26.3 Å². The molecule has 0 spiro atoms. The molecule has 1 rings (SSSR count). The van der Waals surface area contributed by atoms with E-state index in [1.165, 1.54) is 6.92 Å². The van der Waals surface area contributed by atoms with E-state index >= 15 is 0 Å². The maximum absolute atomic E-state index is 11.5. The molecule has 8 nitrogen and oxygen atoms in total. The smallest absolute Gasteiger partial charge is 0.332 e. The van der Waals surface area contributed by atoms with Gasteiger partial charge in [-0.25, -0.2) is 9.59 Å². The Morgan fingerprint density at radius 3 is 2.44 bits per heavy atom. The lowest BCUT2D eigenvalue weighted by Crippen LogP contribution is -2.58. The molecular weight excluding hydrogens is 242 g/mol. The first-order chi connectivity index (χ1) is 8.46. The molecule has 1 aliphatic rings. The second-order valence-corrected chi connectivity index (χ2v) is 4.05. The number of carboxylic acid groups (broad SMARTS) is 1. The van der Waals surface area contributed by atoms with Gasteiger partial charge < -0.3 is 25.8 Å². The molecule has 1 heterocycles. The van der Waals surface area contributed by atoms with Crippen LogP contribution in [0.2, 0.25) is 0 Å². The molecule has 0 saturated carbocycles. The molecule has 1 saturated heterocycles. The molecule has 1 fully saturated rings. The van der Waals surface area contributed by atoms with E-state index in [2.05, 4.69) is 16.0 Å². The molecule has 0 radical (unpaired) electrons. The standard InChI is InChI=1S/C10H17N3O5/c1-7(14)11-3-4-12-9(17)13-10(8(15)16)2-5-18-6-10/h2-6H2,1H3,(H,11,14)(H,15,16)(H2,12,13,17). The summed E-state index contributed by atoms with van der Waals surface area (Å²) in [4.78, 5) is 33.2. The fourth-order valence-corrected chi connectivity index (χ4v) is 1.56. The zero-order valence-electron chi connectivity index (χ0n) is 10.1. The Hall–Kier alpha value is -1.83. The highest BCUT2D eigenvalue weighted by atomic mass is 16.5. The molecule has 3 amide bonds. The van der Waals surface area contributed by atoms with Crippen LogP contribution in [-0.2, 0) is 14.3 Å². The number of carbonyl (C=O) groups is 3. The molecule has 1 atom stereocenters. The third-order valence-corrected chi connectivity index (χ3v) is 2.57. The van der Waals surface area contributed by atoms with E-state index in [1.54, 1.807) is 0 Å². The Labute approximate surface area is 104 Å². The van der Waals surface area contributed by atoms with Crippen molar-refractivity contribution in [3.63, 3.8) is 0 Å². The summed E-state index contributed by atoms with van der Waals surface area (Å²) in [5.41, 5.74) is -1.35. The first kappa shape index (κ1) is 14.2. The molecule has 0 aliphatic carbocycles. The van der Waals surface area contributed by atoms with Crippen LogP contribution in [0.4, 0.5) is 4.79 Å². The Kier molecular flexibility index (Phi) is 4.90. The van der Waals surface area contributed by atoms with Gasteiger partial charge in [0.25, 0.3) is 0 Å². The third-order valence-electron chi connectivity index (χ3n) is 2.57. The summed E-state index contributed by atoms with van der Waals surface area (Å²) in [6, 6.07) is -0.590. The fourth-order valence-electron chi connectivity index (χ4n) is 1.56. The van der Waals surface area contributed by atoms with Crippen LogP contribution < -0.4 is 16.0 Å². The molecular formula is C10H17N3O5. The van der Waals surface area contributed by atoms with Gasteiger partial charge in [0.2, 0.25) is 5.91 Å². The van der Waals surface area contributed by atoms with E-state index in [0.29, 0.717) is 13.2 Å². The van der Waals surface area contributed by atoms with Gasteiger partial charge in [-0.3, -0.25) is 4.79 Å². The van der Waals surface area contributed by atoms with Gasteiger partial charge in [-0.1, -0.05) is 0 Å². The number of urea groups is 1. The van der Waals surface area contributed by atoms with Gasteiger partial charge in [-0.2, -0.15) is 0 Å². The highest BCUT2D eigenvalue weighted by Crippen LogP contribution is 2.18. The van der Waals surface area contributed by atoms with Crippen LogP contribution in [0.1, 0.15) is 13.3 Å². The van der Waals surface area contributed by atoms with Crippen molar-refractivity contribution in [3.05, 3.63) is 0 Å². The normalized spacial score (nSPS) is 22.3. The van der Waals surface area contributed by atoms with E-state index in [0.717, 1.165) is 0 Å². The number of carbonyl (C=O) groups excluding carboxylic acids is 2. The molecule has 8 heteroatoms. The minimum absolute atomic E-state index is 0.0402. The van der Waals surface area contributed by atoms with Crippen molar-refractivity contribution in [2.24, 2.45) is 0 Å². The number of rotatable bonds is 5. The van der Waals surface area contributed by atoms with Crippen molar-refractivity contribution < 1.29 is 24.2 Å². The van der Waals surface area contributed by atoms with Crippen molar-refractivity contribution in [2.45, 2.75) is 18.9 Å². The van der Waals surface area contributed by atoms with Gasteiger partial charge in [0, 0.05) is 33.0 Å². The van der Waals surface area contributed by atoms with E-state index in [1.807, 2.05) is 0 Å². The minimum Gasteiger partial charge on any atom is -0.479 e. The lowest BCUT2D eigenvalue weighted by molar-refractivity contribution is -0.144. The number of nitrogens with one attached hydrogen (secondary N) is 3. The minimum atomic E-state index is -1.35.